The summed E-state index contributed by atoms with van der Waals surface area (Å²) in [5.74, 6) is -0.312. The summed E-state index contributed by atoms with van der Waals surface area (Å²) < 4.78 is 15.7. The summed E-state index contributed by atoms with van der Waals surface area (Å²) in [4.78, 5) is 12.8. The van der Waals surface area contributed by atoms with Gasteiger partial charge in [0.25, 0.3) is 0 Å². The molecular weight excluding hydrogens is 262 g/mol. The van der Waals surface area contributed by atoms with E-state index in [1.54, 1.807) is 26.4 Å². The monoisotopic (exact) mass is 283 g/mol. The van der Waals surface area contributed by atoms with E-state index in [-0.39, 0.29) is 5.56 Å². The van der Waals surface area contributed by atoms with Crippen molar-refractivity contribution in [2.24, 2.45) is 0 Å². The van der Waals surface area contributed by atoms with Crippen LogP contribution in [0.1, 0.15) is 10.4 Å². The first-order valence-electron chi connectivity index (χ1n) is 6.33. The van der Waals surface area contributed by atoms with E-state index in [4.69, 9.17) is 19.3 Å². The van der Waals surface area contributed by atoms with Crippen LogP contribution in [0.2, 0.25) is 0 Å². The maximum Gasteiger partial charge on any atom is 0.335 e. The molecular formula is C14H21NO5. The molecule has 1 N–H and O–H groups in total. The first-order valence-corrected chi connectivity index (χ1v) is 6.33. The van der Waals surface area contributed by atoms with Gasteiger partial charge in [-0.15, -0.1) is 0 Å². The van der Waals surface area contributed by atoms with Crippen LogP contribution in [0.25, 0.3) is 0 Å². The smallest absolute Gasteiger partial charge is 0.335 e. The molecule has 0 amide bonds. The maximum absolute atomic E-state index is 10.7. The molecule has 1 aromatic rings. The number of hydrogen-bond donors (Lipinski definition) is 1. The largest absolute Gasteiger partial charge is 0.478 e. The lowest BCUT2D eigenvalue weighted by atomic mass is 10.2. The highest BCUT2D eigenvalue weighted by atomic mass is 16.5. The quantitative estimate of drug-likeness (QED) is 0.653. The fourth-order valence-corrected chi connectivity index (χ4v) is 1.54. The Morgan fingerprint density at radius 3 is 2.10 bits per heavy atom. The summed E-state index contributed by atoms with van der Waals surface area (Å²) in [6.07, 6.45) is 0. The van der Waals surface area contributed by atoms with Crippen LogP contribution >= 0.6 is 0 Å². The van der Waals surface area contributed by atoms with Crippen molar-refractivity contribution in [3.8, 4) is 5.75 Å². The molecule has 0 aliphatic heterocycles. The van der Waals surface area contributed by atoms with Crippen LogP contribution in [0.3, 0.4) is 0 Å². The van der Waals surface area contributed by atoms with Crippen molar-refractivity contribution in [3.05, 3.63) is 29.8 Å². The minimum Gasteiger partial charge on any atom is -0.478 e. The molecule has 0 radical (unpaired) electrons. The number of carbonyl (C=O) groups is 1. The Balaban J connectivity index is 2.46. The molecule has 6 nitrogen and oxygen atoms in total. The van der Waals surface area contributed by atoms with Crippen LogP contribution in [0.15, 0.2) is 24.3 Å². The Morgan fingerprint density at radius 1 is 1.10 bits per heavy atom. The van der Waals surface area contributed by atoms with Gasteiger partial charge in [-0.2, -0.15) is 0 Å². The molecule has 112 valence electrons. The number of carboxylic acids is 1. The van der Waals surface area contributed by atoms with E-state index in [1.165, 1.54) is 12.1 Å². The summed E-state index contributed by atoms with van der Waals surface area (Å²) >= 11 is 0. The number of methoxy groups -OCH3 is 2. The zero-order valence-corrected chi connectivity index (χ0v) is 11.9. The van der Waals surface area contributed by atoms with E-state index in [0.717, 1.165) is 13.1 Å². The summed E-state index contributed by atoms with van der Waals surface area (Å²) in [7, 11) is 3.31. The Morgan fingerprint density at radius 2 is 1.65 bits per heavy atom. The SMILES string of the molecule is COCCN(CCOC)COc1ccc(C(=O)O)cc1. The summed E-state index contributed by atoms with van der Waals surface area (Å²) in [5.41, 5.74) is 0.243. The number of ether oxygens (including phenoxy) is 3. The van der Waals surface area contributed by atoms with Crippen molar-refractivity contribution in [2.45, 2.75) is 0 Å². The average Bonchev–Trinajstić information content (AvgIpc) is 2.47. The van der Waals surface area contributed by atoms with Crippen molar-refractivity contribution in [1.29, 1.82) is 0 Å². The fraction of sp³-hybridized carbons (Fsp3) is 0.500. The number of rotatable bonds is 10. The highest BCUT2D eigenvalue weighted by molar-refractivity contribution is 5.87. The lowest BCUT2D eigenvalue weighted by Gasteiger charge is -2.21. The molecule has 20 heavy (non-hydrogen) atoms. The minimum atomic E-state index is -0.946. The minimum absolute atomic E-state index is 0.243. The van der Waals surface area contributed by atoms with Crippen molar-refractivity contribution < 1.29 is 24.1 Å². The number of hydrogen-bond acceptors (Lipinski definition) is 5. The van der Waals surface area contributed by atoms with Crippen molar-refractivity contribution in [1.82, 2.24) is 4.90 Å². The molecule has 1 aromatic carbocycles. The Labute approximate surface area is 118 Å². The van der Waals surface area contributed by atoms with Crippen molar-refractivity contribution in [2.75, 3.05) is 47.3 Å². The third-order valence-corrected chi connectivity index (χ3v) is 2.74. The summed E-state index contributed by atoms with van der Waals surface area (Å²) in [5, 5.41) is 8.81. The molecule has 0 saturated carbocycles. The van der Waals surface area contributed by atoms with Gasteiger partial charge < -0.3 is 19.3 Å². The van der Waals surface area contributed by atoms with Gasteiger partial charge in [0, 0.05) is 27.3 Å². The molecule has 0 bridgehead atoms. The number of carboxylic acid groups (broad SMARTS) is 1. The van der Waals surface area contributed by atoms with Crippen LogP contribution in [0, 0.1) is 0 Å². The van der Waals surface area contributed by atoms with Crippen LogP contribution in [0.5, 0.6) is 5.75 Å². The van der Waals surface area contributed by atoms with Crippen LogP contribution in [-0.4, -0.2) is 63.2 Å². The predicted molar refractivity (Wildman–Crippen MR) is 74.2 cm³/mol. The molecule has 0 saturated heterocycles. The first kappa shape index (κ1) is 16.4. The second-order valence-electron chi connectivity index (χ2n) is 4.21. The Kier molecular flexibility index (Phi) is 7.64. The molecule has 0 spiro atoms. The number of aromatic carboxylic acids is 1. The zero-order chi connectivity index (χ0) is 14.8. The Bertz CT molecular complexity index is 385. The van der Waals surface area contributed by atoms with E-state index >= 15 is 0 Å². The summed E-state index contributed by atoms with van der Waals surface area (Å²) in [6, 6.07) is 6.33. The lowest BCUT2D eigenvalue weighted by Crippen LogP contribution is -2.34. The maximum atomic E-state index is 10.7. The third-order valence-electron chi connectivity index (χ3n) is 2.74. The van der Waals surface area contributed by atoms with Crippen LogP contribution in [0.4, 0.5) is 0 Å². The van der Waals surface area contributed by atoms with E-state index in [1.807, 2.05) is 0 Å². The molecule has 0 aliphatic rings. The third kappa shape index (κ3) is 6.01. The van der Waals surface area contributed by atoms with Crippen LogP contribution < -0.4 is 4.74 Å². The van der Waals surface area contributed by atoms with Gasteiger partial charge in [-0.05, 0) is 24.3 Å². The average molecular weight is 283 g/mol. The van der Waals surface area contributed by atoms with Crippen LogP contribution in [-0.2, 0) is 9.47 Å². The van der Waals surface area contributed by atoms with Crippen molar-refractivity contribution >= 4 is 5.97 Å². The number of nitrogens with zero attached hydrogens (tertiary/aromatic N) is 1. The second-order valence-corrected chi connectivity index (χ2v) is 4.21. The predicted octanol–water partition coefficient (Wildman–Crippen LogP) is 1.32. The highest BCUT2D eigenvalue weighted by Gasteiger charge is 2.06. The highest BCUT2D eigenvalue weighted by Crippen LogP contribution is 2.12. The van der Waals surface area contributed by atoms with Gasteiger partial charge in [-0.1, -0.05) is 0 Å². The van der Waals surface area contributed by atoms with E-state index < -0.39 is 5.97 Å². The van der Waals surface area contributed by atoms with E-state index in [9.17, 15) is 4.79 Å². The van der Waals surface area contributed by atoms with Crippen molar-refractivity contribution in [3.63, 3.8) is 0 Å². The molecule has 0 aromatic heterocycles. The molecule has 6 heteroatoms. The standard InChI is InChI=1S/C14H21NO5/c1-18-9-7-15(8-10-19-2)11-20-13-5-3-12(4-6-13)14(16)17/h3-6H,7-11H2,1-2H3,(H,16,17). The van der Waals surface area contributed by atoms with Gasteiger partial charge in [0.2, 0.25) is 0 Å². The van der Waals surface area contributed by atoms with Gasteiger partial charge in [0.05, 0.1) is 18.8 Å². The van der Waals surface area contributed by atoms with Gasteiger partial charge in [0.1, 0.15) is 12.5 Å². The Hall–Kier alpha value is -1.63. The normalized spacial score (nSPS) is 10.8. The first-order chi connectivity index (χ1) is 9.67. The second kappa shape index (κ2) is 9.30. The fourth-order valence-electron chi connectivity index (χ4n) is 1.54. The number of benzene rings is 1. The molecule has 0 heterocycles. The zero-order valence-electron chi connectivity index (χ0n) is 11.9. The van der Waals surface area contributed by atoms with Gasteiger partial charge >= 0.3 is 5.97 Å². The molecule has 1 rings (SSSR count). The molecule has 0 aliphatic carbocycles. The van der Waals surface area contributed by atoms with E-state index in [0.29, 0.717) is 25.7 Å². The summed E-state index contributed by atoms with van der Waals surface area (Å²) in [6.45, 7) is 3.12. The topological polar surface area (TPSA) is 68.2 Å². The van der Waals surface area contributed by atoms with E-state index in [2.05, 4.69) is 4.90 Å². The van der Waals surface area contributed by atoms with Gasteiger partial charge in [0.15, 0.2) is 0 Å². The molecule has 0 atom stereocenters. The van der Waals surface area contributed by atoms with Gasteiger partial charge in [-0.25, -0.2) is 4.79 Å². The van der Waals surface area contributed by atoms with Gasteiger partial charge in [-0.3, -0.25) is 4.90 Å². The molecule has 0 unspecified atom stereocenters. The lowest BCUT2D eigenvalue weighted by molar-refractivity contribution is 0.0635. The molecule has 0 fully saturated rings.